The third kappa shape index (κ3) is 6.02. The summed E-state index contributed by atoms with van der Waals surface area (Å²) < 4.78 is 7.39. The summed E-state index contributed by atoms with van der Waals surface area (Å²) in [6.07, 6.45) is 7.97. The number of thioether (sulfide) groups is 1. The standard InChI is InChI=1S/C15H22N2O2S/c1-4-11-19-13(2)14(12-20-3)16-15(18)7-10-17-8-5-6-9-17/h4-6,8-9,14H,1-2,7,10-12H2,3H3,(H,16,18)/t14-/m1/s1. The van der Waals surface area contributed by atoms with Crippen LogP contribution in [0.1, 0.15) is 6.42 Å². The van der Waals surface area contributed by atoms with Gasteiger partial charge in [0.2, 0.25) is 5.91 Å². The molecule has 4 nitrogen and oxygen atoms in total. The zero-order valence-corrected chi connectivity index (χ0v) is 12.7. The molecule has 0 unspecified atom stereocenters. The van der Waals surface area contributed by atoms with Gasteiger partial charge in [-0.2, -0.15) is 11.8 Å². The van der Waals surface area contributed by atoms with Gasteiger partial charge >= 0.3 is 0 Å². The number of rotatable bonds is 10. The molecule has 1 aromatic heterocycles. The molecule has 0 saturated heterocycles. The molecule has 0 fully saturated rings. The molecule has 1 heterocycles. The minimum absolute atomic E-state index is 0.00102. The van der Waals surface area contributed by atoms with Crippen molar-refractivity contribution in [3.05, 3.63) is 49.5 Å². The first-order valence-electron chi connectivity index (χ1n) is 6.49. The summed E-state index contributed by atoms with van der Waals surface area (Å²) in [6.45, 7) is 8.54. The van der Waals surface area contributed by atoms with E-state index in [1.807, 2.05) is 35.3 Å². The van der Waals surface area contributed by atoms with Gasteiger partial charge in [0.1, 0.15) is 12.4 Å². The molecule has 0 aliphatic rings. The van der Waals surface area contributed by atoms with Crippen LogP contribution in [-0.4, -0.2) is 35.1 Å². The predicted molar refractivity (Wildman–Crippen MR) is 84.7 cm³/mol. The van der Waals surface area contributed by atoms with Crippen LogP contribution >= 0.6 is 11.8 Å². The first kappa shape index (κ1) is 16.4. The van der Waals surface area contributed by atoms with Crippen molar-refractivity contribution in [1.29, 1.82) is 0 Å². The fourth-order valence-electron chi connectivity index (χ4n) is 1.66. The Morgan fingerprint density at radius 2 is 2.20 bits per heavy atom. The SMILES string of the molecule is C=CCOC(=C)[C@@H](CSC)NC(=O)CCn1cccc1. The number of nitrogens with one attached hydrogen (secondary N) is 1. The number of hydrogen-bond acceptors (Lipinski definition) is 3. The number of aromatic nitrogens is 1. The average Bonchev–Trinajstić information content (AvgIpc) is 2.95. The Kier molecular flexibility index (Phi) is 7.65. The molecule has 5 heteroatoms. The molecule has 1 rings (SSSR count). The summed E-state index contributed by atoms with van der Waals surface area (Å²) in [7, 11) is 0. The predicted octanol–water partition coefficient (Wildman–Crippen LogP) is 2.44. The molecule has 0 aromatic carbocycles. The van der Waals surface area contributed by atoms with Crippen molar-refractivity contribution in [3.8, 4) is 0 Å². The van der Waals surface area contributed by atoms with Crippen molar-refractivity contribution >= 4 is 17.7 Å². The van der Waals surface area contributed by atoms with Crippen LogP contribution < -0.4 is 5.32 Å². The quantitative estimate of drug-likeness (QED) is 0.532. The van der Waals surface area contributed by atoms with Crippen LogP contribution in [0.5, 0.6) is 0 Å². The van der Waals surface area contributed by atoms with Crippen LogP contribution in [0.4, 0.5) is 0 Å². The maximum absolute atomic E-state index is 12.0. The van der Waals surface area contributed by atoms with Crippen molar-refractivity contribution in [1.82, 2.24) is 9.88 Å². The second-order valence-corrected chi connectivity index (χ2v) is 5.22. The number of carbonyl (C=O) groups excluding carboxylic acids is 1. The Labute approximate surface area is 124 Å². The van der Waals surface area contributed by atoms with E-state index in [0.717, 1.165) is 5.75 Å². The second kappa shape index (κ2) is 9.31. The van der Waals surface area contributed by atoms with Crippen molar-refractivity contribution < 1.29 is 9.53 Å². The number of carbonyl (C=O) groups is 1. The minimum Gasteiger partial charge on any atom is -0.492 e. The number of nitrogens with zero attached hydrogens (tertiary/aromatic N) is 1. The van der Waals surface area contributed by atoms with Gasteiger partial charge in [-0.3, -0.25) is 4.79 Å². The van der Waals surface area contributed by atoms with Crippen molar-refractivity contribution in [2.24, 2.45) is 0 Å². The highest BCUT2D eigenvalue weighted by atomic mass is 32.2. The van der Waals surface area contributed by atoms with Gasteiger partial charge in [-0.05, 0) is 18.4 Å². The number of aryl methyl sites for hydroxylation is 1. The largest absolute Gasteiger partial charge is 0.492 e. The van der Waals surface area contributed by atoms with Crippen LogP contribution in [0.25, 0.3) is 0 Å². The van der Waals surface area contributed by atoms with Gasteiger partial charge in [-0.1, -0.05) is 19.2 Å². The van der Waals surface area contributed by atoms with Crippen molar-refractivity contribution in [2.75, 3.05) is 18.6 Å². The van der Waals surface area contributed by atoms with E-state index in [2.05, 4.69) is 18.5 Å². The summed E-state index contributed by atoms with van der Waals surface area (Å²) in [5.74, 6) is 1.32. The maximum Gasteiger partial charge on any atom is 0.222 e. The van der Waals surface area contributed by atoms with Crippen LogP contribution in [0.15, 0.2) is 49.5 Å². The first-order valence-corrected chi connectivity index (χ1v) is 7.88. The van der Waals surface area contributed by atoms with E-state index in [4.69, 9.17) is 4.74 Å². The van der Waals surface area contributed by atoms with E-state index in [0.29, 0.717) is 25.3 Å². The molecule has 20 heavy (non-hydrogen) atoms. The van der Waals surface area contributed by atoms with Crippen LogP contribution in [-0.2, 0) is 16.1 Å². The zero-order chi connectivity index (χ0) is 14.8. The molecule has 0 aliphatic carbocycles. The Bertz CT molecular complexity index is 429. The van der Waals surface area contributed by atoms with E-state index in [1.54, 1.807) is 17.8 Å². The highest BCUT2D eigenvalue weighted by molar-refractivity contribution is 7.98. The summed E-state index contributed by atoms with van der Waals surface area (Å²) in [6, 6.07) is 3.72. The lowest BCUT2D eigenvalue weighted by atomic mass is 10.2. The van der Waals surface area contributed by atoms with E-state index >= 15 is 0 Å². The van der Waals surface area contributed by atoms with E-state index in [-0.39, 0.29) is 11.9 Å². The lowest BCUT2D eigenvalue weighted by molar-refractivity contribution is -0.121. The molecule has 0 aliphatic heterocycles. The fraction of sp³-hybridized carbons (Fsp3) is 0.400. The van der Waals surface area contributed by atoms with Gasteiger partial charge in [0.15, 0.2) is 0 Å². The van der Waals surface area contributed by atoms with Crippen molar-refractivity contribution in [2.45, 2.75) is 19.0 Å². The molecule has 0 radical (unpaired) electrons. The topological polar surface area (TPSA) is 43.3 Å². The van der Waals surface area contributed by atoms with Gasteiger partial charge in [0.25, 0.3) is 0 Å². The first-order chi connectivity index (χ1) is 9.67. The van der Waals surface area contributed by atoms with E-state index in [1.165, 1.54) is 0 Å². The highest BCUT2D eigenvalue weighted by Gasteiger charge is 2.16. The molecular formula is C15H22N2O2S. The average molecular weight is 294 g/mol. The second-order valence-electron chi connectivity index (χ2n) is 4.31. The molecule has 1 atom stereocenters. The third-order valence-electron chi connectivity index (χ3n) is 2.71. The summed E-state index contributed by atoms with van der Waals surface area (Å²) in [5.41, 5.74) is 0. The van der Waals surface area contributed by atoms with Crippen LogP contribution in [0, 0.1) is 0 Å². The van der Waals surface area contributed by atoms with Gasteiger partial charge in [0.05, 0.1) is 6.04 Å². The monoisotopic (exact) mass is 294 g/mol. The minimum atomic E-state index is -0.165. The summed E-state index contributed by atoms with van der Waals surface area (Å²) >= 11 is 1.64. The molecule has 110 valence electrons. The lowest BCUT2D eigenvalue weighted by Crippen LogP contribution is -2.38. The maximum atomic E-state index is 12.0. The Hall–Kier alpha value is -1.62. The molecular weight excluding hydrogens is 272 g/mol. The highest BCUT2D eigenvalue weighted by Crippen LogP contribution is 2.08. The summed E-state index contributed by atoms with van der Waals surface area (Å²) in [4.78, 5) is 12.0. The van der Waals surface area contributed by atoms with Gasteiger partial charge in [0, 0.05) is 31.1 Å². The third-order valence-corrected chi connectivity index (χ3v) is 3.37. The number of ether oxygens (including phenoxy) is 1. The van der Waals surface area contributed by atoms with Gasteiger partial charge < -0.3 is 14.6 Å². The molecule has 1 amide bonds. The lowest BCUT2D eigenvalue weighted by Gasteiger charge is -2.20. The summed E-state index contributed by atoms with van der Waals surface area (Å²) in [5, 5.41) is 2.96. The molecule has 0 spiro atoms. The molecule has 1 aromatic rings. The normalized spacial score (nSPS) is 11.7. The Morgan fingerprint density at radius 1 is 1.50 bits per heavy atom. The van der Waals surface area contributed by atoms with Crippen LogP contribution in [0.2, 0.25) is 0 Å². The van der Waals surface area contributed by atoms with Crippen molar-refractivity contribution in [3.63, 3.8) is 0 Å². The number of hydrogen-bond donors (Lipinski definition) is 1. The number of amides is 1. The van der Waals surface area contributed by atoms with Gasteiger partial charge in [-0.15, -0.1) is 0 Å². The smallest absolute Gasteiger partial charge is 0.222 e. The molecule has 0 bridgehead atoms. The Balaban J connectivity index is 2.41. The fourth-order valence-corrected chi connectivity index (χ4v) is 2.27. The van der Waals surface area contributed by atoms with Crippen LogP contribution in [0.3, 0.4) is 0 Å². The molecule has 0 saturated carbocycles. The zero-order valence-electron chi connectivity index (χ0n) is 11.9. The van der Waals surface area contributed by atoms with Gasteiger partial charge in [-0.25, -0.2) is 0 Å². The van der Waals surface area contributed by atoms with E-state index in [9.17, 15) is 4.79 Å². The Morgan fingerprint density at radius 3 is 2.80 bits per heavy atom. The van der Waals surface area contributed by atoms with E-state index < -0.39 is 0 Å². The molecule has 1 N–H and O–H groups in total.